The lowest BCUT2D eigenvalue weighted by molar-refractivity contribution is 0.0515. The molecule has 0 aliphatic carbocycles. The van der Waals surface area contributed by atoms with Gasteiger partial charge in [0.1, 0.15) is 0 Å². The zero-order valence-electron chi connectivity index (χ0n) is 11.3. The first-order valence-electron chi connectivity index (χ1n) is 6.87. The third-order valence-electron chi connectivity index (χ3n) is 4.55. The lowest BCUT2D eigenvalue weighted by atomic mass is 9.89. The van der Waals surface area contributed by atoms with Gasteiger partial charge in [0.15, 0.2) is 0 Å². The van der Waals surface area contributed by atoms with Crippen molar-refractivity contribution in [3.8, 4) is 0 Å². The molecule has 0 aromatic carbocycles. The van der Waals surface area contributed by atoms with Crippen molar-refractivity contribution in [3.05, 3.63) is 0 Å². The van der Waals surface area contributed by atoms with Gasteiger partial charge in [0.25, 0.3) is 0 Å². The molecule has 1 unspecified atom stereocenters. The topological polar surface area (TPSA) is 32.5 Å². The van der Waals surface area contributed by atoms with Crippen LogP contribution in [0.2, 0.25) is 0 Å². The minimum Gasteiger partial charge on any atom is -0.329 e. The molecule has 0 saturated carbocycles. The van der Waals surface area contributed by atoms with Crippen LogP contribution in [0.25, 0.3) is 0 Å². The SMILES string of the molecule is CN(C)C1CCN(C2(CN)CCCSC2)CC1. The van der Waals surface area contributed by atoms with Crippen LogP contribution in [0.1, 0.15) is 25.7 Å². The van der Waals surface area contributed by atoms with Crippen molar-refractivity contribution < 1.29 is 0 Å². The van der Waals surface area contributed by atoms with Crippen LogP contribution in [0.3, 0.4) is 0 Å². The number of thioether (sulfide) groups is 1. The summed E-state index contributed by atoms with van der Waals surface area (Å²) in [6, 6.07) is 0.775. The van der Waals surface area contributed by atoms with Crippen LogP contribution in [0, 0.1) is 0 Å². The van der Waals surface area contributed by atoms with Gasteiger partial charge in [0, 0.05) is 37.0 Å². The Morgan fingerprint density at radius 1 is 1.35 bits per heavy atom. The highest BCUT2D eigenvalue weighted by Gasteiger charge is 2.38. The van der Waals surface area contributed by atoms with Crippen molar-refractivity contribution in [1.82, 2.24) is 9.80 Å². The van der Waals surface area contributed by atoms with E-state index in [0.717, 1.165) is 12.6 Å². The third kappa shape index (κ3) is 2.98. The first-order valence-corrected chi connectivity index (χ1v) is 8.03. The number of nitrogens with two attached hydrogens (primary N) is 1. The maximum absolute atomic E-state index is 6.10. The molecule has 17 heavy (non-hydrogen) atoms. The number of rotatable bonds is 3. The van der Waals surface area contributed by atoms with Crippen LogP contribution in [0.15, 0.2) is 0 Å². The molecule has 100 valence electrons. The van der Waals surface area contributed by atoms with E-state index in [4.69, 9.17) is 5.73 Å². The average molecular weight is 257 g/mol. The highest BCUT2D eigenvalue weighted by molar-refractivity contribution is 7.99. The van der Waals surface area contributed by atoms with Crippen molar-refractivity contribution in [2.24, 2.45) is 5.73 Å². The summed E-state index contributed by atoms with van der Waals surface area (Å²) in [5, 5.41) is 0. The van der Waals surface area contributed by atoms with Crippen LogP contribution in [0.5, 0.6) is 0 Å². The Balaban J connectivity index is 1.93. The molecule has 0 aromatic heterocycles. The quantitative estimate of drug-likeness (QED) is 0.824. The Hall–Kier alpha value is 0.230. The monoisotopic (exact) mass is 257 g/mol. The van der Waals surface area contributed by atoms with Gasteiger partial charge in [-0.3, -0.25) is 4.90 Å². The molecule has 2 fully saturated rings. The number of piperidine rings is 1. The van der Waals surface area contributed by atoms with Crippen LogP contribution >= 0.6 is 11.8 Å². The first kappa shape index (κ1) is 13.7. The van der Waals surface area contributed by atoms with Gasteiger partial charge in [-0.05, 0) is 45.5 Å². The largest absolute Gasteiger partial charge is 0.329 e. The van der Waals surface area contributed by atoms with Gasteiger partial charge >= 0.3 is 0 Å². The molecule has 4 heteroatoms. The van der Waals surface area contributed by atoms with E-state index in [2.05, 4.69) is 35.7 Å². The zero-order chi connectivity index (χ0) is 12.3. The normalized spacial score (nSPS) is 33.2. The second-order valence-corrected chi connectivity index (χ2v) is 6.87. The Morgan fingerprint density at radius 2 is 2.06 bits per heavy atom. The summed E-state index contributed by atoms with van der Waals surface area (Å²) in [4.78, 5) is 5.07. The van der Waals surface area contributed by atoms with Gasteiger partial charge in [0.2, 0.25) is 0 Å². The molecular formula is C13H27N3S. The van der Waals surface area contributed by atoms with Crippen molar-refractivity contribution in [1.29, 1.82) is 0 Å². The summed E-state index contributed by atoms with van der Waals surface area (Å²) < 4.78 is 0. The van der Waals surface area contributed by atoms with Crippen molar-refractivity contribution in [2.75, 3.05) is 45.2 Å². The van der Waals surface area contributed by atoms with Crippen LogP contribution in [-0.4, -0.2) is 66.6 Å². The van der Waals surface area contributed by atoms with Gasteiger partial charge < -0.3 is 10.6 Å². The molecule has 3 nitrogen and oxygen atoms in total. The van der Waals surface area contributed by atoms with E-state index in [0.29, 0.717) is 5.54 Å². The molecule has 0 bridgehead atoms. The lowest BCUT2D eigenvalue weighted by Gasteiger charge is -2.49. The standard InChI is InChI=1S/C13H27N3S/c1-15(2)12-4-7-16(8-5-12)13(10-14)6-3-9-17-11-13/h12H,3-11,14H2,1-2H3. The van der Waals surface area contributed by atoms with Gasteiger partial charge in [-0.25, -0.2) is 0 Å². The Labute approximate surface area is 110 Å². The lowest BCUT2D eigenvalue weighted by Crippen LogP contribution is -2.60. The summed E-state index contributed by atoms with van der Waals surface area (Å²) in [6.45, 7) is 3.31. The van der Waals surface area contributed by atoms with Gasteiger partial charge in [0.05, 0.1) is 0 Å². The molecule has 2 aliphatic rings. The molecule has 2 heterocycles. The smallest absolute Gasteiger partial charge is 0.0422 e. The van der Waals surface area contributed by atoms with Crippen LogP contribution < -0.4 is 5.73 Å². The summed E-state index contributed by atoms with van der Waals surface area (Å²) in [6.07, 6.45) is 5.26. The summed E-state index contributed by atoms with van der Waals surface area (Å²) in [5.74, 6) is 2.58. The van der Waals surface area contributed by atoms with E-state index in [1.54, 1.807) is 0 Å². The fraction of sp³-hybridized carbons (Fsp3) is 1.00. The van der Waals surface area contributed by atoms with E-state index in [-0.39, 0.29) is 0 Å². The molecule has 2 N–H and O–H groups in total. The van der Waals surface area contributed by atoms with Gasteiger partial charge in [-0.15, -0.1) is 0 Å². The van der Waals surface area contributed by atoms with E-state index in [1.165, 1.54) is 50.3 Å². The van der Waals surface area contributed by atoms with Crippen LogP contribution in [-0.2, 0) is 0 Å². The van der Waals surface area contributed by atoms with E-state index in [1.807, 2.05) is 0 Å². The summed E-state index contributed by atoms with van der Waals surface area (Å²) in [7, 11) is 4.41. The van der Waals surface area contributed by atoms with E-state index in [9.17, 15) is 0 Å². The number of nitrogens with zero attached hydrogens (tertiary/aromatic N) is 2. The Bertz CT molecular complexity index is 231. The predicted octanol–water partition coefficient (Wildman–Crippen LogP) is 1.24. The van der Waals surface area contributed by atoms with Gasteiger partial charge in [-0.1, -0.05) is 0 Å². The maximum Gasteiger partial charge on any atom is 0.0422 e. The number of likely N-dealkylation sites (tertiary alicyclic amines) is 1. The molecule has 0 spiro atoms. The van der Waals surface area contributed by atoms with Crippen LogP contribution in [0.4, 0.5) is 0 Å². The minimum atomic E-state index is 0.320. The van der Waals surface area contributed by atoms with Crippen molar-refractivity contribution in [2.45, 2.75) is 37.3 Å². The number of hydrogen-bond donors (Lipinski definition) is 1. The molecule has 2 saturated heterocycles. The Morgan fingerprint density at radius 3 is 2.53 bits per heavy atom. The minimum absolute atomic E-state index is 0.320. The van der Waals surface area contributed by atoms with Crippen molar-refractivity contribution >= 4 is 11.8 Å². The summed E-state index contributed by atoms with van der Waals surface area (Å²) in [5.41, 5.74) is 6.42. The van der Waals surface area contributed by atoms with Gasteiger partial charge in [-0.2, -0.15) is 11.8 Å². The molecule has 2 rings (SSSR count). The third-order valence-corrected chi connectivity index (χ3v) is 5.87. The molecular weight excluding hydrogens is 230 g/mol. The second-order valence-electron chi connectivity index (χ2n) is 5.77. The van der Waals surface area contributed by atoms with Crippen molar-refractivity contribution in [3.63, 3.8) is 0 Å². The number of hydrogen-bond acceptors (Lipinski definition) is 4. The highest BCUT2D eigenvalue weighted by Crippen LogP contribution is 2.33. The highest BCUT2D eigenvalue weighted by atomic mass is 32.2. The average Bonchev–Trinajstić information content (AvgIpc) is 2.39. The molecule has 0 aromatic rings. The molecule has 2 aliphatic heterocycles. The second kappa shape index (κ2) is 5.91. The molecule has 0 amide bonds. The van der Waals surface area contributed by atoms with E-state index < -0.39 is 0 Å². The fourth-order valence-electron chi connectivity index (χ4n) is 3.23. The first-order chi connectivity index (χ1) is 8.18. The van der Waals surface area contributed by atoms with E-state index >= 15 is 0 Å². The maximum atomic E-state index is 6.10. The zero-order valence-corrected chi connectivity index (χ0v) is 12.1. The molecule has 1 atom stereocenters. The summed E-state index contributed by atoms with van der Waals surface area (Å²) >= 11 is 2.10. The fourth-order valence-corrected chi connectivity index (χ4v) is 4.55. The molecule has 0 radical (unpaired) electrons. The Kier molecular flexibility index (Phi) is 4.75. The predicted molar refractivity (Wildman–Crippen MR) is 76.6 cm³/mol.